The first-order chi connectivity index (χ1) is 33.6. The second-order valence-electron chi connectivity index (χ2n) is 18.9. The Morgan fingerprint density at radius 3 is 1.37 bits per heavy atom. The van der Waals surface area contributed by atoms with Crippen molar-refractivity contribution in [3.05, 3.63) is 275 Å². The molecule has 2 atom stereocenters. The van der Waals surface area contributed by atoms with E-state index < -0.39 is 0 Å². The summed E-state index contributed by atoms with van der Waals surface area (Å²) in [6.45, 7) is 4.39. The van der Waals surface area contributed by atoms with Crippen LogP contribution in [0.4, 0.5) is 51.2 Å². The van der Waals surface area contributed by atoms with Gasteiger partial charge in [-0.1, -0.05) is 163 Å². The number of aryl methyl sites for hydroxylation is 2. The molecule has 320 valence electrons. The van der Waals surface area contributed by atoms with Crippen molar-refractivity contribution in [3.63, 3.8) is 0 Å². The summed E-state index contributed by atoms with van der Waals surface area (Å²) in [4.78, 5) is 7.53. The summed E-state index contributed by atoms with van der Waals surface area (Å²) in [7, 11) is 0. The number of nitrogens with zero attached hydrogens (tertiary/aromatic N) is 3. The standard InChI is InChI=1S/C64H46BN3/c1-41-31-35-46(36-32-41)66(47-37-33-42(2)34-38-47)57-30-16-25-52-61-49-21-9-10-22-50(49)62(63(52)57)51-24-15-23-48(60(51)61)43-39-58-64-59(40-43)68(45-19-7-4-8-20-45)56-29-14-12-27-54(56)65(64)53-26-11-13-28-55(53)67(58)44-17-5-3-6-18-44/h3-40,61-62H,1-2H3. The van der Waals surface area contributed by atoms with Gasteiger partial charge in [-0.2, -0.15) is 0 Å². The molecule has 68 heavy (non-hydrogen) atoms. The highest BCUT2D eigenvalue weighted by Gasteiger charge is 2.46. The molecule has 3 nitrogen and oxygen atoms in total. The fourth-order valence-corrected chi connectivity index (χ4v) is 12.3. The van der Waals surface area contributed by atoms with Crippen molar-refractivity contribution < 1.29 is 0 Å². The van der Waals surface area contributed by atoms with Crippen LogP contribution in [0.5, 0.6) is 0 Å². The Morgan fingerprint density at radius 2 is 0.824 bits per heavy atom. The molecule has 2 unspecified atom stereocenters. The minimum absolute atomic E-state index is 0.0345. The summed E-state index contributed by atoms with van der Waals surface area (Å²) < 4.78 is 0. The normalized spacial score (nSPS) is 15.4. The number of anilines is 9. The third kappa shape index (κ3) is 5.67. The summed E-state index contributed by atoms with van der Waals surface area (Å²) in [5, 5.41) is 0. The zero-order valence-electron chi connectivity index (χ0n) is 38.0. The minimum Gasteiger partial charge on any atom is -0.311 e. The van der Waals surface area contributed by atoms with Gasteiger partial charge in [0.25, 0.3) is 6.71 Å². The molecule has 0 radical (unpaired) electrons. The van der Waals surface area contributed by atoms with Crippen molar-refractivity contribution in [3.8, 4) is 11.1 Å². The van der Waals surface area contributed by atoms with Crippen LogP contribution in [0, 0.1) is 13.8 Å². The second kappa shape index (κ2) is 15.1. The predicted molar refractivity (Wildman–Crippen MR) is 285 cm³/mol. The molecule has 0 spiro atoms. The average molecular weight is 868 g/mol. The van der Waals surface area contributed by atoms with Crippen molar-refractivity contribution in [1.82, 2.24) is 0 Å². The Balaban J connectivity index is 1.03. The molecule has 15 rings (SSSR count). The highest BCUT2D eigenvalue weighted by atomic mass is 15.2. The zero-order valence-corrected chi connectivity index (χ0v) is 38.0. The Hall–Kier alpha value is -8.34. The quantitative estimate of drug-likeness (QED) is 0.154. The molecule has 2 aliphatic heterocycles. The molecule has 10 aromatic carbocycles. The topological polar surface area (TPSA) is 9.72 Å². The molecule has 10 aromatic rings. The zero-order chi connectivity index (χ0) is 45.0. The van der Waals surface area contributed by atoms with Crippen molar-refractivity contribution >= 4 is 74.3 Å². The molecular weight excluding hydrogens is 822 g/mol. The van der Waals surface area contributed by atoms with Crippen LogP contribution in [0.2, 0.25) is 0 Å². The van der Waals surface area contributed by atoms with E-state index in [4.69, 9.17) is 0 Å². The first kappa shape index (κ1) is 38.9. The van der Waals surface area contributed by atoms with Crippen molar-refractivity contribution in [1.29, 1.82) is 0 Å². The smallest absolute Gasteiger partial charge is 0.252 e. The molecule has 2 bridgehead atoms. The summed E-state index contributed by atoms with van der Waals surface area (Å²) in [6.07, 6.45) is 0. The molecule has 0 saturated carbocycles. The van der Waals surface area contributed by atoms with E-state index in [1.165, 1.54) is 100 Å². The summed E-state index contributed by atoms with van der Waals surface area (Å²) in [5.41, 5.74) is 28.1. The number of hydrogen-bond donors (Lipinski definition) is 0. The van der Waals surface area contributed by atoms with E-state index in [9.17, 15) is 0 Å². The van der Waals surface area contributed by atoms with Gasteiger partial charge in [0.15, 0.2) is 0 Å². The second-order valence-corrected chi connectivity index (χ2v) is 18.9. The largest absolute Gasteiger partial charge is 0.311 e. The molecule has 2 heterocycles. The molecule has 0 amide bonds. The number of para-hydroxylation sites is 4. The number of hydrogen-bond acceptors (Lipinski definition) is 3. The van der Waals surface area contributed by atoms with Gasteiger partial charge in [-0.05, 0) is 154 Å². The number of fused-ring (bicyclic) bond motifs is 4. The van der Waals surface area contributed by atoms with Crippen LogP contribution in [0.25, 0.3) is 11.1 Å². The van der Waals surface area contributed by atoms with Crippen molar-refractivity contribution in [2.75, 3.05) is 14.7 Å². The molecule has 0 aromatic heterocycles. The van der Waals surface area contributed by atoms with E-state index in [0.29, 0.717) is 0 Å². The fourth-order valence-electron chi connectivity index (χ4n) is 12.3. The Morgan fingerprint density at radius 1 is 0.382 bits per heavy atom. The molecule has 5 aliphatic rings. The van der Waals surface area contributed by atoms with Crippen molar-refractivity contribution in [2.24, 2.45) is 0 Å². The van der Waals surface area contributed by atoms with E-state index in [-0.39, 0.29) is 18.5 Å². The first-order valence-corrected chi connectivity index (χ1v) is 23.9. The van der Waals surface area contributed by atoms with Crippen LogP contribution in [0.3, 0.4) is 0 Å². The lowest BCUT2D eigenvalue weighted by Crippen LogP contribution is -2.61. The van der Waals surface area contributed by atoms with Crippen LogP contribution in [-0.2, 0) is 0 Å². The minimum atomic E-state index is 0.0345. The van der Waals surface area contributed by atoms with Gasteiger partial charge in [-0.25, -0.2) is 0 Å². The average Bonchev–Trinajstić information content (AvgIpc) is 3.39. The van der Waals surface area contributed by atoms with Gasteiger partial charge in [0.2, 0.25) is 0 Å². The van der Waals surface area contributed by atoms with Gasteiger partial charge in [0.1, 0.15) is 0 Å². The van der Waals surface area contributed by atoms with Crippen LogP contribution in [0.15, 0.2) is 231 Å². The Bertz CT molecular complexity index is 3460. The maximum absolute atomic E-state index is 2.52. The first-order valence-electron chi connectivity index (χ1n) is 23.9. The SMILES string of the molecule is Cc1ccc(N(c2ccc(C)cc2)c2cccc3c2C2c4ccccc4C3c3c(-c4cc5c6c(c4)N(c4ccccc4)c4ccccc4B6c4ccccc4N5c4ccccc4)cccc32)cc1. The molecule has 3 aliphatic carbocycles. The predicted octanol–water partition coefficient (Wildman–Crippen LogP) is 14.5. The van der Waals surface area contributed by atoms with Gasteiger partial charge < -0.3 is 14.7 Å². The van der Waals surface area contributed by atoms with E-state index in [0.717, 1.165) is 22.7 Å². The summed E-state index contributed by atoms with van der Waals surface area (Å²) in [6, 6.07) is 86.6. The number of rotatable bonds is 6. The Kier molecular flexibility index (Phi) is 8.64. The van der Waals surface area contributed by atoms with E-state index in [1.807, 2.05) is 0 Å². The maximum Gasteiger partial charge on any atom is 0.252 e. The summed E-state index contributed by atoms with van der Waals surface area (Å²) >= 11 is 0. The van der Waals surface area contributed by atoms with Gasteiger partial charge in [0, 0.05) is 57.3 Å². The lowest BCUT2D eigenvalue weighted by Gasteiger charge is -2.46. The molecular formula is C64H46BN3. The van der Waals surface area contributed by atoms with E-state index in [2.05, 4.69) is 259 Å². The molecule has 0 saturated heterocycles. The lowest BCUT2D eigenvalue weighted by atomic mass is 9.33. The van der Waals surface area contributed by atoms with E-state index in [1.54, 1.807) is 0 Å². The summed E-state index contributed by atoms with van der Waals surface area (Å²) in [5.74, 6) is 0.0729. The highest BCUT2D eigenvalue weighted by Crippen LogP contribution is 2.61. The van der Waals surface area contributed by atoms with Crippen LogP contribution in [-0.4, -0.2) is 6.71 Å². The van der Waals surface area contributed by atoms with Gasteiger partial charge in [-0.15, -0.1) is 0 Å². The lowest BCUT2D eigenvalue weighted by molar-refractivity contribution is 0.755. The third-order valence-corrected chi connectivity index (χ3v) is 15.1. The monoisotopic (exact) mass is 867 g/mol. The maximum atomic E-state index is 2.52. The van der Waals surface area contributed by atoms with Crippen LogP contribution < -0.4 is 31.1 Å². The van der Waals surface area contributed by atoms with Gasteiger partial charge in [-0.3, -0.25) is 0 Å². The van der Waals surface area contributed by atoms with E-state index >= 15 is 0 Å². The fraction of sp³-hybridized carbons (Fsp3) is 0.0625. The van der Waals surface area contributed by atoms with Gasteiger partial charge >= 0.3 is 0 Å². The Labute approximate surface area is 398 Å². The molecule has 0 fully saturated rings. The highest BCUT2D eigenvalue weighted by molar-refractivity contribution is 7.00. The van der Waals surface area contributed by atoms with Crippen LogP contribution in [0.1, 0.15) is 56.3 Å². The van der Waals surface area contributed by atoms with Crippen molar-refractivity contribution in [2.45, 2.75) is 25.7 Å². The third-order valence-electron chi connectivity index (χ3n) is 15.1. The van der Waals surface area contributed by atoms with Gasteiger partial charge in [0.05, 0.1) is 5.69 Å². The number of benzene rings is 10. The molecule has 0 N–H and O–H groups in total. The van der Waals surface area contributed by atoms with Crippen LogP contribution >= 0.6 is 0 Å². The molecule has 4 heteroatoms.